The molecular formula is C36H39F4N3O5. The van der Waals surface area contributed by atoms with Crippen LogP contribution in [0.3, 0.4) is 0 Å². The SMILES string of the molecule is CCOc1ccc(C(C)C)cc1-c1ccc(OC)cc1CN(Cc1cc(CF)cc(C(F)(F)F)c1)c1ncc(OCCCC(=O)O)cn1. The van der Waals surface area contributed by atoms with E-state index in [2.05, 4.69) is 29.9 Å². The van der Waals surface area contributed by atoms with E-state index in [1.807, 2.05) is 37.3 Å². The lowest BCUT2D eigenvalue weighted by atomic mass is 9.93. The quantitative estimate of drug-likeness (QED) is 0.0937. The maximum Gasteiger partial charge on any atom is 0.416 e. The van der Waals surface area contributed by atoms with Crippen molar-refractivity contribution in [3.05, 3.63) is 94.8 Å². The van der Waals surface area contributed by atoms with Gasteiger partial charge in [-0.1, -0.05) is 32.0 Å². The largest absolute Gasteiger partial charge is 0.497 e. The lowest BCUT2D eigenvalue weighted by Crippen LogP contribution is -2.25. The van der Waals surface area contributed by atoms with E-state index in [-0.39, 0.29) is 55.5 Å². The standard InChI is InChI=1S/C36H39F4N3O5/c1-5-47-33-11-8-26(23(2)3)17-32(33)31-10-9-29(46-4)16-27(31)22-43(21-25-13-24(18-37)14-28(15-25)36(38,39)40)35-41-19-30(20-42-35)48-12-6-7-34(44)45/h8-11,13-17,19-20,23H,5-7,12,18,21-22H2,1-4H3,(H,44,45). The molecule has 1 aromatic heterocycles. The number of hydrogen-bond acceptors (Lipinski definition) is 7. The van der Waals surface area contributed by atoms with Gasteiger partial charge in [-0.3, -0.25) is 4.79 Å². The van der Waals surface area contributed by atoms with E-state index in [4.69, 9.17) is 19.3 Å². The number of benzene rings is 3. The minimum Gasteiger partial charge on any atom is -0.497 e. The summed E-state index contributed by atoms with van der Waals surface area (Å²) >= 11 is 0. The van der Waals surface area contributed by atoms with Gasteiger partial charge in [0.1, 0.15) is 18.2 Å². The summed E-state index contributed by atoms with van der Waals surface area (Å²) < 4.78 is 72.2. The van der Waals surface area contributed by atoms with Crippen LogP contribution in [-0.2, 0) is 30.7 Å². The minimum absolute atomic E-state index is 0.0570. The molecule has 0 aliphatic heterocycles. The molecule has 1 N–H and O–H groups in total. The Balaban J connectivity index is 1.80. The number of alkyl halides is 4. The van der Waals surface area contributed by atoms with E-state index in [0.29, 0.717) is 23.9 Å². The van der Waals surface area contributed by atoms with Crippen LogP contribution in [0, 0.1) is 0 Å². The van der Waals surface area contributed by atoms with Gasteiger partial charge in [-0.25, -0.2) is 14.4 Å². The molecule has 0 aliphatic rings. The molecule has 0 saturated carbocycles. The second-order valence-corrected chi connectivity index (χ2v) is 11.5. The van der Waals surface area contributed by atoms with Gasteiger partial charge in [0.25, 0.3) is 0 Å². The lowest BCUT2D eigenvalue weighted by Gasteiger charge is -2.26. The molecule has 12 heteroatoms. The van der Waals surface area contributed by atoms with Gasteiger partial charge >= 0.3 is 12.1 Å². The van der Waals surface area contributed by atoms with Gasteiger partial charge in [-0.2, -0.15) is 13.2 Å². The monoisotopic (exact) mass is 669 g/mol. The first-order valence-electron chi connectivity index (χ1n) is 15.5. The molecule has 0 bridgehead atoms. The van der Waals surface area contributed by atoms with Gasteiger partial charge in [0.15, 0.2) is 5.75 Å². The molecule has 0 amide bonds. The van der Waals surface area contributed by atoms with E-state index in [1.165, 1.54) is 18.5 Å². The Bertz CT molecular complexity index is 1680. The smallest absolute Gasteiger partial charge is 0.416 e. The molecule has 0 atom stereocenters. The zero-order valence-electron chi connectivity index (χ0n) is 27.3. The number of ether oxygens (including phenoxy) is 3. The van der Waals surface area contributed by atoms with Crippen LogP contribution < -0.4 is 19.1 Å². The van der Waals surface area contributed by atoms with E-state index in [0.717, 1.165) is 34.4 Å². The molecule has 1 heterocycles. The van der Waals surface area contributed by atoms with E-state index < -0.39 is 24.4 Å². The van der Waals surface area contributed by atoms with Crippen LogP contribution in [0.1, 0.15) is 67.3 Å². The summed E-state index contributed by atoms with van der Waals surface area (Å²) in [5.41, 5.74) is 2.68. The number of nitrogens with zero attached hydrogens (tertiary/aromatic N) is 3. The van der Waals surface area contributed by atoms with Crippen LogP contribution >= 0.6 is 0 Å². The lowest BCUT2D eigenvalue weighted by molar-refractivity contribution is -0.138. The number of rotatable bonds is 16. The van der Waals surface area contributed by atoms with E-state index in [9.17, 15) is 22.4 Å². The molecule has 0 fully saturated rings. The fourth-order valence-corrected chi connectivity index (χ4v) is 5.17. The topological polar surface area (TPSA) is 94.0 Å². The predicted molar refractivity (Wildman–Crippen MR) is 174 cm³/mol. The molecule has 0 unspecified atom stereocenters. The first-order valence-corrected chi connectivity index (χ1v) is 15.5. The predicted octanol–water partition coefficient (Wildman–Crippen LogP) is 8.61. The third-order valence-corrected chi connectivity index (χ3v) is 7.54. The summed E-state index contributed by atoms with van der Waals surface area (Å²) in [5, 5.41) is 8.87. The number of anilines is 1. The zero-order chi connectivity index (χ0) is 34.8. The number of aromatic nitrogens is 2. The molecule has 0 radical (unpaired) electrons. The Kier molecular flexibility index (Phi) is 12.2. The molecule has 0 aliphatic carbocycles. The highest BCUT2D eigenvalue weighted by Gasteiger charge is 2.31. The summed E-state index contributed by atoms with van der Waals surface area (Å²) in [6, 6.07) is 14.8. The Hall–Kier alpha value is -4.87. The van der Waals surface area contributed by atoms with Crippen LogP contribution in [0.5, 0.6) is 17.2 Å². The summed E-state index contributed by atoms with van der Waals surface area (Å²) in [6.07, 6.45) is -1.60. The van der Waals surface area contributed by atoms with Crippen molar-refractivity contribution >= 4 is 11.9 Å². The molecule has 256 valence electrons. The van der Waals surface area contributed by atoms with Crippen molar-refractivity contribution in [2.45, 2.75) is 65.5 Å². The van der Waals surface area contributed by atoms with E-state index >= 15 is 0 Å². The van der Waals surface area contributed by atoms with Gasteiger partial charge in [0.2, 0.25) is 5.95 Å². The third-order valence-electron chi connectivity index (χ3n) is 7.54. The molecule has 0 spiro atoms. The Morgan fingerprint density at radius 1 is 0.917 bits per heavy atom. The van der Waals surface area contributed by atoms with Gasteiger partial charge in [-0.05, 0) is 83.5 Å². The number of carbonyl (C=O) groups is 1. The van der Waals surface area contributed by atoms with Crippen LogP contribution in [-0.4, -0.2) is 41.4 Å². The summed E-state index contributed by atoms with van der Waals surface area (Å²) in [5.74, 6) is 1.02. The molecule has 3 aromatic carbocycles. The number of hydrogen-bond donors (Lipinski definition) is 1. The summed E-state index contributed by atoms with van der Waals surface area (Å²) in [4.78, 5) is 21.4. The third kappa shape index (κ3) is 9.58. The highest BCUT2D eigenvalue weighted by molar-refractivity contribution is 5.75. The van der Waals surface area contributed by atoms with Crippen LogP contribution in [0.15, 0.2) is 67.0 Å². The maximum absolute atomic E-state index is 13.8. The number of aliphatic carboxylic acids is 1. The number of methoxy groups -OCH3 is 1. The van der Waals surface area contributed by atoms with Crippen molar-refractivity contribution in [2.24, 2.45) is 0 Å². The Morgan fingerprint density at radius 3 is 2.27 bits per heavy atom. The second kappa shape index (κ2) is 16.3. The van der Waals surface area contributed by atoms with Crippen molar-refractivity contribution in [1.29, 1.82) is 0 Å². The van der Waals surface area contributed by atoms with Crippen molar-refractivity contribution in [3.8, 4) is 28.4 Å². The normalized spacial score (nSPS) is 11.4. The highest BCUT2D eigenvalue weighted by Crippen LogP contribution is 2.38. The minimum atomic E-state index is -4.67. The average Bonchev–Trinajstić information content (AvgIpc) is 3.06. The highest BCUT2D eigenvalue weighted by atomic mass is 19.4. The first kappa shape index (κ1) is 36.0. The van der Waals surface area contributed by atoms with Gasteiger partial charge in [-0.15, -0.1) is 0 Å². The number of carboxylic acids is 1. The van der Waals surface area contributed by atoms with E-state index in [1.54, 1.807) is 12.0 Å². The van der Waals surface area contributed by atoms with Crippen LogP contribution in [0.4, 0.5) is 23.5 Å². The molecule has 0 saturated heterocycles. The number of carboxylic acid groups (broad SMARTS) is 1. The molecule has 4 aromatic rings. The average molecular weight is 670 g/mol. The fourth-order valence-electron chi connectivity index (χ4n) is 5.17. The van der Waals surface area contributed by atoms with Crippen molar-refractivity contribution in [3.63, 3.8) is 0 Å². The van der Waals surface area contributed by atoms with Crippen LogP contribution in [0.2, 0.25) is 0 Å². The first-order chi connectivity index (χ1) is 22.9. The molecule has 48 heavy (non-hydrogen) atoms. The Labute approximate surface area is 277 Å². The van der Waals surface area contributed by atoms with Crippen molar-refractivity contribution in [1.82, 2.24) is 9.97 Å². The zero-order valence-corrected chi connectivity index (χ0v) is 27.3. The van der Waals surface area contributed by atoms with Gasteiger partial charge in [0, 0.05) is 25.1 Å². The van der Waals surface area contributed by atoms with Crippen LogP contribution in [0.25, 0.3) is 11.1 Å². The summed E-state index contributed by atoms with van der Waals surface area (Å²) in [7, 11) is 1.54. The second-order valence-electron chi connectivity index (χ2n) is 11.5. The van der Waals surface area contributed by atoms with Crippen molar-refractivity contribution < 1.29 is 41.7 Å². The molecular weight excluding hydrogens is 630 g/mol. The molecule has 4 rings (SSSR count). The van der Waals surface area contributed by atoms with Crippen molar-refractivity contribution in [2.75, 3.05) is 25.2 Å². The Morgan fingerprint density at radius 2 is 1.65 bits per heavy atom. The fraction of sp³-hybridized carbons (Fsp3) is 0.361. The maximum atomic E-state index is 13.8. The summed E-state index contributed by atoms with van der Waals surface area (Å²) in [6.45, 7) is 5.64. The van der Waals surface area contributed by atoms with Gasteiger partial charge in [0.05, 0.1) is 38.3 Å². The molecule has 8 nitrogen and oxygen atoms in total. The van der Waals surface area contributed by atoms with Gasteiger partial charge < -0.3 is 24.2 Å². The number of halogens is 4.